The van der Waals surface area contributed by atoms with Crippen LogP contribution in [-0.4, -0.2) is 48.9 Å². The van der Waals surface area contributed by atoms with Crippen LogP contribution in [0, 0.1) is 5.82 Å². The number of nitrogens with one attached hydrogen (secondary N) is 1. The van der Waals surface area contributed by atoms with Gasteiger partial charge in [-0.25, -0.2) is 9.18 Å². The molecule has 2 amide bonds. The summed E-state index contributed by atoms with van der Waals surface area (Å²) in [5.74, 6) is -0.288. The van der Waals surface area contributed by atoms with E-state index in [0.717, 1.165) is 24.8 Å². The van der Waals surface area contributed by atoms with Gasteiger partial charge in [0.15, 0.2) is 0 Å². The SMILES string of the molecule is CCOC[C@@H]1CC[C@H]2[C@H](CCN2C(=O)NCc2cccc(F)c2)O1. The monoisotopic (exact) mass is 336 g/mol. The van der Waals surface area contributed by atoms with Crippen molar-refractivity contribution in [2.75, 3.05) is 19.8 Å². The topological polar surface area (TPSA) is 50.8 Å². The number of nitrogens with zero attached hydrogens (tertiary/aromatic N) is 1. The number of halogens is 1. The molecule has 1 aromatic rings. The van der Waals surface area contributed by atoms with Crippen LogP contribution in [0.2, 0.25) is 0 Å². The summed E-state index contributed by atoms with van der Waals surface area (Å²) in [6.45, 7) is 4.34. The molecule has 2 saturated heterocycles. The first-order valence-electron chi connectivity index (χ1n) is 8.69. The number of carbonyl (C=O) groups excluding carboxylic acids is 1. The Kier molecular flexibility index (Phi) is 5.68. The maximum absolute atomic E-state index is 13.2. The van der Waals surface area contributed by atoms with E-state index < -0.39 is 0 Å². The summed E-state index contributed by atoms with van der Waals surface area (Å²) >= 11 is 0. The number of amides is 2. The van der Waals surface area contributed by atoms with E-state index in [1.807, 2.05) is 11.8 Å². The molecule has 132 valence electrons. The van der Waals surface area contributed by atoms with Gasteiger partial charge in [-0.15, -0.1) is 0 Å². The largest absolute Gasteiger partial charge is 0.379 e. The summed E-state index contributed by atoms with van der Waals surface area (Å²) in [6.07, 6.45) is 2.95. The standard InChI is InChI=1S/C18H25FN2O3/c1-2-23-12-15-6-7-16-17(24-15)8-9-21(16)18(22)20-11-13-4-3-5-14(19)10-13/h3-5,10,15-17H,2,6-9,11-12H2,1H3,(H,20,22)/t15-,16-,17-/m0/s1. The molecule has 2 aliphatic heterocycles. The molecule has 3 atom stereocenters. The fourth-order valence-corrected chi connectivity index (χ4v) is 3.55. The van der Waals surface area contributed by atoms with E-state index in [9.17, 15) is 9.18 Å². The molecule has 3 rings (SSSR count). The van der Waals surface area contributed by atoms with Crippen molar-refractivity contribution >= 4 is 6.03 Å². The Morgan fingerprint density at radius 3 is 3.08 bits per heavy atom. The second-order valence-electron chi connectivity index (χ2n) is 6.37. The van der Waals surface area contributed by atoms with Crippen molar-refractivity contribution in [1.82, 2.24) is 10.2 Å². The van der Waals surface area contributed by atoms with Crippen molar-refractivity contribution in [2.24, 2.45) is 0 Å². The fraction of sp³-hybridized carbons (Fsp3) is 0.611. The van der Waals surface area contributed by atoms with Crippen LogP contribution in [0.4, 0.5) is 9.18 Å². The lowest BCUT2D eigenvalue weighted by atomic mass is 9.99. The Morgan fingerprint density at radius 2 is 2.29 bits per heavy atom. The van der Waals surface area contributed by atoms with E-state index in [2.05, 4.69) is 5.32 Å². The summed E-state index contributed by atoms with van der Waals surface area (Å²) in [4.78, 5) is 14.3. The molecule has 0 radical (unpaired) electrons. The molecule has 5 nitrogen and oxygen atoms in total. The van der Waals surface area contributed by atoms with Crippen LogP contribution < -0.4 is 5.32 Å². The van der Waals surface area contributed by atoms with E-state index >= 15 is 0 Å². The molecule has 0 aromatic heterocycles. The molecule has 1 aromatic carbocycles. The van der Waals surface area contributed by atoms with E-state index in [1.165, 1.54) is 12.1 Å². The van der Waals surface area contributed by atoms with Crippen molar-refractivity contribution in [1.29, 1.82) is 0 Å². The van der Waals surface area contributed by atoms with E-state index in [4.69, 9.17) is 9.47 Å². The van der Waals surface area contributed by atoms with Gasteiger partial charge < -0.3 is 19.7 Å². The minimum absolute atomic E-state index is 0.0985. The van der Waals surface area contributed by atoms with Gasteiger partial charge in [-0.2, -0.15) is 0 Å². The first-order chi connectivity index (χ1) is 11.7. The normalized spacial score (nSPS) is 26.2. The van der Waals surface area contributed by atoms with Crippen molar-refractivity contribution in [3.63, 3.8) is 0 Å². The zero-order valence-electron chi connectivity index (χ0n) is 14.0. The first-order valence-corrected chi connectivity index (χ1v) is 8.69. The van der Waals surface area contributed by atoms with Gasteiger partial charge in [0.1, 0.15) is 5.82 Å². The average Bonchev–Trinajstić information content (AvgIpc) is 3.01. The highest BCUT2D eigenvalue weighted by Gasteiger charge is 2.41. The maximum Gasteiger partial charge on any atom is 0.318 e. The van der Waals surface area contributed by atoms with Gasteiger partial charge in [0.05, 0.1) is 24.9 Å². The van der Waals surface area contributed by atoms with Crippen LogP contribution in [0.15, 0.2) is 24.3 Å². The average molecular weight is 336 g/mol. The summed E-state index contributed by atoms with van der Waals surface area (Å²) in [7, 11) is 0. The highest BCUT2D eigenvalue weighted by Crippen LogP contribution is 2.31. The molecule has 0 aliphatic carbocycles. The number of benzene rings is 1. The van der Waals surface area contributed by atoms with Crippen LogP contribution in [-0.2, 0) is 16.0 Å². The molecule has 2 fully saturated rings. The van der Waals surface area contributed by atoms with Crippen LogP contribution in [0.5, 0.6) is 0 Å². The third kappa shape index (κ3) is 4.05. The van der Waals surface area contributed by atoms with Crippen molar-refractivity contribution in [3.05, 3.63) is 35.6 Å². The van der Waals surface area contributed by atoms with Crippen LogP contribution in [0.3, 0.4) is 0 Å². The summed E-state index contributed by atoms with van der Waals surface area (Å²) in [5, 5.41) is 2.89. The predicted octanol–water partition coefficient (Wildman–Crippen LogP) is 2.69. The summed E-state index contributed by atoms with van der Waals surface area (Å²) in [6, 6.07) is 6.33. The minimum atomic E-state index is -0.288. The Bertz CT molecular complexity index is 569. The smallest absolute Gasteiger partial charge is 0.318 e. The Morgan fingerprint density at radius 1 is 1.42 bits per heavy atom. The lowest BCUT2D eigenvalue weighted by Gasteiger charge is -2.35. The summed E-state index contributed by atoms with van der Waals surface area (Å²) in [5.41, 5.74) is 0.760. The van der Waals surface area contributed by atoms with Gasteiger partial charge in [0.2, 0.25) is 0 Å². The number of rotatable bonds is 5. The second-order valence-corrected chi connectivity index (χ2v) is 6.37. The van der Waals surface area contributed by atoms with Crippen LogP contribution >= 0.6 is 0 Å². The highest BCUT2D eigenvalue weighted by molar-refractivity contribution is 5.75. The van der Waals surface area contributed by atoms with Gasteiger partial charge >= 0.3 is 6.03 Å². The molecular formula is C18H25FN2O3. The van der Waals surface area contributed by atoms with Gasteiger partial charge in [0.25, 0.3) is 0 Å². The van der Waals surface area contributed by atoms with Crippen molar-refractivity contribution in [2.45, 2.75) is 51.0 Å². The first kappa shape index (κ1) is 17.2. The molecule has 2 heterocycles. The lowest BCUT2D eigenvalue weighted by molar-refractivity contribution is -0.0945. The number of urea groups is 1. The molecular weight excluding hydrogens is 311 g/mol. The molecule has 1 N–H and O–H groups in total. The molecule has 0 spiro atoms. The number of hydrogen-bond donors (Lipinski definition) is 1. The Hall–Kier alpha value is -1.66. The minimum Gasteiger partial charge on any atom is -0.379 e. The highest BCUT2D eigenvalue weighted by atomic mass is 19.1. The van der Waals surface area contributed by atoms with Gasteiger partial charge in [-0.3, -0.25) is 0 Å². The molecule has 0 bridgehead atoms. The van der Waals surface area contributed by atoms with Crippen LogP contribution in [0.1, 0.15) is 31.7 Å². The fourth-order valence-electron chi connectivity index (χ4n) is 3.55. The van der Waals surface area contributed by atoms with E-state index in [0.29, 0.717) is 26.3 Å². The Balaban J connectivity index is 1.50. The zero-order valence-corrected chi connectivity index (χ0v) is 14.0. The second kappa shape index (κ2) is 7.94. The van der Waals surface area contributed by atoms with E-state index in [1.54, 1.807) is 12.1 Å². The number of hydrogen-bond acceptors (Lipinski definition) is 3. The quantitative estimate of drug-likeness (QED) is 0.899. The number of ether oxygens (including phenoxy) is 2. The molecule has 2 aliphatic rings. The van der Waals surface area contributed by atoms with Gasteiger partial charge in [-0.1, -0.05) is 12.1 Å². The molecule has 6 heteroatoms. The molecule has 0 saturated carbocycles. The zero-order chi connectivity index (χ0) is 16.9. The Labute approximate surface area is 142 Å². The van der Waals surface area contributed by atoms with Gasteiger partial charge in [0, 0.05) is 19.7 Å². The van der Waals surface area contributed by atoms with Gasteiger partial charge in [-0.05, 0) is 43.9 Å². The van der Waals surface area contributed by atoms with E-state index in [-0.39, 0.29) is 30.1 Å². The number of fused-ring (bicyclic) bond motifs is 1. The number of likely N-dealkylation sites (tertiary alicyclic amines) is 1. The van der Waals surface area contributed by atoms with Crippen molar-refractivity contribution in [3.8, 4) is 0 Å². The predicted molar refractivity (Wildman–Crippen MR) is 88.1 cm³/mol. The lowest BCUT2D eigenvalue weighted by Crippen LogP contribution is -2.48. The molecule has 0 unspecified atom stereocenters. The third-order valence-corrected chi connectivity index (χ3v) is 4.74. The molecule has 24 heavy (non-hydrogen) atoms. The van der Waals surface area contributed by atoms with Crippen LogP contribution in [0.25, 0.3) is 0 Å². The maximum atomic E-state index is 13.2. The third-order valence-electron chi connectivity index (χ3n) is 4.74. The summed E-state index contributed by atoms with van der Waals surface area (Å²) < 4.78 is 24.7. The number of carbonyl (C=O) groups is 1. The van der Waals surface area contributed by atoms with Crippen molar-refractivity contribution < 1.29 is 18.7 Å².